The summed E-state index contributed by atoms with van der Waals surface area (Å²) in [6, 6.07) is 7.75. The smallest absolute Gasteiger partial charge is 0.412 e. The number of aliphatic imine (C=N–C) groups is 1. The highest BCUT2D eigenvalue weighted by atomic mass is 127. The Balaban J connectivity index is 0.00000363. The molecule has 0 radical (unpaired) electrons. The topological polar surface area (TPSA) is 92.0 Å². The number of anilines is 1. The molecule has 8 nitrogen and oxygen atoms in total. The highest BCUT2D eigenvalue weighted by molar-refractivity contribution is 14.0. The van der Waals surface area contributed by atoms with Gasteiger partial charge in [-0.3, -0.25) is 9.72 Å². The molecule has 0 aliphatic rings. The van der Waals surface area contributed by atoms with Crippen molar-refractivity contribution in [2.75, 3.05) is 18.4 Å². The number of hydrogen-bond donors (Lipinski definition) is 3. The van der Waals surface area contributed by atoms with Crippen molar-refractivity contribution in [3.63, 3.8) is 0 Å². The van der Waals surface area contributed by atoms with E-state index in [1.54, 1.807) is 11.3 Å². The van der Waals surface area contributed by atoms with E-state index >= 15 is 0 Å². The minimum Gasteiger partial charge on any atom is -0.444 e. The van der Waals surface area contributed by atoms with E-state index in [0.29, 0.717) is 12.2 Å². The van der Waals surface area contributed by atoms with E-state index in [4.69, 9.17) is 4.74 Å². The number of nitrogens with one attached hydrogen (secondary N) is 3. The van der Waals surface area contributed by atoms with Gasteiger partial charge in [0.2, 0.25) is 0 Å². The summed E-state index contributed by atoms with van der Waals surface area (Å²) >= 11 is 1.61. The second-order valence-corrected chi connectivity index (χ2v) is 8.89. The molecule has 0 atom stereocenters. The first kappa shape index (κ1) is 25.9. The summed E-state index contributed by atoms with van der Waals surface area (Å²) in [5, 5.41) is 11.4. The van der Waals surface area contributed by atoms with E-state index in [9.17, 15) is 4.79 Å². The number of carbonyl (C=O) groups excluding carboxylic acids is 1. The Kier molecular flexibility index (Phi) is 9.76. The molecule has 10 heteroatoms. The van der Waals surface area contributed by atoms with Crippen LogP contribution in [-0.2, 0) is 17.7 Å². The van der Waals surface area contributed by atoms with Gasteiger partial charge in [0, 0.05) is 36.6 Å². The molecule has 0 unspecified atom stereocenters. The summed E-state index contributed by atoms with van der Waals surface area (Å²) in [6.07, 6.45) is 4.38. The van der Waals surface area contributed by atoms with Crippen LogP contribution in [0.15, 0.2) is 47.0 Å². The Morgan fingerprint density at radius 1 is 1.22 bits per heavy atom. The second kappa shape index (κ2) is 12.0. The Morgan fingerprint density at radius 2 is 1.97 bits per heavy atom. The summed E-state index contributed by atoms with van der Waals surface area (Å²) in [7, 11) is 0. The number of carbonyl (C=O) groups is 1. The third-order valence-corrected chi connectivity index (χ3v) is 4.96. The number of aromatic nitrogens is 2. The summed E-state index contributed by atoms with van der Waals surface area (Å²) in [5.41, 5.74) is 2.29. The van der Waals surface area contributed by atoms with E-state index in [1.807, 2.05) is 74.1 Å². The molecule has 0 aliphatic carbocycles. The van der Waals surface area contributed by atoms with Crippen LogP contribution >= 0.6 is 35.3 Å². The van der Waals surface area contributed by atoms with Crippen LogP contribution in [0.4, 0.5) is 10.5 Å². The number of fused-ring (bicyclic) bond motifs is 1. The SMILES string of the molecule is CCNC(=NCc1cn2ccsc2n1)NCCc1ccc(NC(=O)OC(C)(C)C)cc1.I. The average Bonchev–Trinajstić information content (AvgIpc) is 3.28. The van der Waals surface area contributed by atoms with Crippen LogP contribution in [-0.4, -0.2) is 40.1 Å². The van der Waals surface area contributed by atoms with Crippen LogP contribution in [0.5, 0.6) is 0 Å². The Bertz CT molecular complexity index is 995. The van der Waals surface area contributed by atoms with Gasteiger partial charge in [-0.25, -0.2) is 14.8 Å². The van der Waals surface area contributed by atoms with E-state index in [0.717, 1.165) is 41.7 Å². The molecule has 0 saturated heterocycles. The Hall–Kier alpha value is -2.34. The van der Waals surface area contributed by atoms with Gasteiger partial charge in [0.1, 0.15) is 5.60 Å². The van der Waals surface area contributed by atoms with Gasteiger partial charge in [0.25, 0.3) is 0 Å². The molecule has 0 fully saturated rings. The molecule has 0 saturated carbocycles. The monoisotopic (exact) mass is 570 g/mol. The molecular weight excluding hydrogens is 539 g/mol. The summed E-state index contributed by atoms with van der Waals surface area (Å²) < 4.78 is 7.28. The van der Waals surface area contributed by atoms with Crippen LogP contribution < -0.4 is 16.0 Å². The normalized spacial score (nSPS) is 11.7. The first-order valence-electron chi connectivity index (χ1n) is 10.3. The Morgan fingerprint density at radius 3 is 2.62 bits per heavy atom. The zero-order valence-electron chi connectivity index (χ0n) is 18.8. The average molecular weight is 571 g/mol. The second-order valence-electron chi connectivity index (χ2n) is 8.02. The number of imidazole rings is 1. The van der Waals surface area contributed by atoms with Gasteiger partial charge in [-0.1, -0.05) is 12.1 Å². The van der Waals surface area contributed by atoms with Gasteiger partial charge in [-0.15, -0.1) is 35.3 Å². The molecule has 1 aromatic carbocycles. The minimum absolute atomic E-state index is 0. The van der Waals surface area contributed by atoms with Gasteiger partial charge < -0.3 is 15.4 Å². The first-order chi connectivity index (χ1) is 14.8. The number of hydrogen-bond acceptors (Lipinski definition) is 5. The number of thiazole rings is 1. The van der Waals surface area contributed by atoms with E-state index in [-0.39, 0.29) is 24.0 Å². The predicted molar refractivity (Wildman–Crippen MR) is 141 cm³/mol. The maximum atomic E-state index is 11.9. The number of guanidine groups is 1. The fourth-order valence-electron chi connectivity index (χ4n) is 2.86. The molecule has 3 aromatic rings. The largest absolute Gasteiger partial charge is 0.444 e. The molecule has 0 aliphatic heterocycles. The maximum absolute atomic E-state index is 11.9. The molecule has 32 heavy (non-hydrogen) atoms. The molecular formula is C22H31IN6O2S. The minimum atomic E-state index is -0.519. The van der Waals surface area contributed by atoms with Crippen molar-refractivity contribution in [1.82, 2.24) is 20.0 Å². The Labute approximate surface area is 209 Å². The van der Waals surface area contributed by atoms with Crippen molar-refractivity contribution in [3.05, 3.63) is 53.3 Å². The first-order valence-corrected chi connectivity index (χ1v) is 11.2. The molecule has 174 valence electrons. The van der Waals surface area contributed by atoms with Crippen molar-refractivity contribution in [3.8, 4) is 0 Å². The van der Waals surface area contributed by atoms with Crippen molar-refractivity contribution < 1.29 is 9.53 Å². The van der Waals surface area contributed by atoms with Crippen LogP contribution in [0.1, 0.15) is 39.0 Å². The molecule has 0 spiro atoms. The lowest BCUT2D eigenvalue weighted by Crippen LogP contribution is -2.38. The quantitative estimate of drug-likeness (QED) is 0.219. The van der Waals surface area contributed by atoms with E-state index in [1.165, 1.54) is 0 Å². The highest BCUT2D eigenvalue weighted by Crippen LogP contribution is 2.14. The number of rotatable bonds is 7. The molecule has 1 amide bonds. The van der Waals surface area contributed by atoms with Crippen molar-refractivity contribution in [1.29, 1.82) is 0 Å². The molecule has 3 N–H and O–H groups in total. The third-order valence-electron chi connectivity index (χ3n) is 4.19. The number of ether oxygens (including phenoxy) is 1. The number of halogens is 1. The lowest BCUT2D eigenvalue weighted by atomic mass is 10.1. The van der Waals surface area contributed by atoms with Gasteiger partial charge >= 0.3 is 6.09 Å². The van der Waals surface area contributed by atoms with Gasteiger partial charge in [-0.05, 0) is 51.8 Å². The van der Waals surface area contributed by atoms with Crippen LogP contribution in [0.3, 0.4) is 0 Å². The fraction of sp³-hybridized carbons (Fsp3) is 0.409. The van der Waals surface area contributed by atoms with Gasteiger partial charge in [0.15, 0.2) is 10.9 Å². The lowest BCUT2D eigenvalue weighted by Gasteiger charge is -2.19. The number of nitrogens with zero attached hydrogens (tertiary/aromatic N) is 3. The standard InChI is InChI=1S/C22H30N6O2S.HI/c1-5-23-19(25-14-18-15-28-12-13-31-20(28)26-18)24-11-10-16-6-8-17(9-7-16)27-21(29)30-22(2,3)4;/h6-9,12-13,15H,5,10-11,14H2,1-4H3,(H,27,29)(H2,23,24,25);1H. The number of benzene rings is 1. The van der Waals surface area contributed by atoms with Crippen molar-refractivity contribution in [2.45, 2.75) is 46.3 Å². The third kappa shape index (κ3) is 8.30. The molecule has 2 aromatic heterocycles. The van der Waals surface area contributed by atoms with E-state index < -0.39 is 11.7 Å². The predicted octanol–water partition coefficient (Wildman–Crippen LogP) is 4.66. The van der Waals surface area contributed by atoms with Crippen LogP contribution in [0.25, 0.3) is 4.96 Å². The summed E-state index contributed by atoms with van der Waals surface area (Å²) in [4.78, 5) is 22.0. The fourth-order valence-corrected chi connectivity index (χ4v) is 3.57. The molecule has 0 bridgehead atoms. The summed E-state index contributed by atoms with van der Waals surface area (Å²) in [5.74, 6) is 0.766. The zero-order valence-corrected chi connectivity index (χ0v) is 22.0. The van der Waals surface area contributed by atoms with E-state index in [2.05, 4.69) is 25.9 Å². The summed E-state index contributed by atoms with van der Waals surface area (Å²) in [6.45, 7) is 9.61. The molecule has 2 heterocycles. The van der Waals surface area contributed by atoms with Gasteiger partial charge in [-0.2, -0.15) is 0 Å². The lowest BCUT2D eigenvalue weighted by molar-refractivity contribution is 0.0636. The molecule has 3 rings (SSSR count). The van der Waals surface area contributed by atoms with Crippen molar-refractivity contribution >= 4 is 58.0 Å². The van der Waals surface area contributed by atoms with Crippen LogP contribution in [0.2, 0.25) is 0 Å². The van der Waals surface area contributed by atoms with Gasteiger partial charge in [0.05, 0.1) is 12.2 Å². The van der Waals surface area contributed by atoms with Crippen molar-refractivity contribution in [2.24, 2.45) is 4.99 Å². The highest BCUT2D eigenvalue weighted by Gasteiger charge is 2.16. The van der Waals surface area contributed by atoms with Crippen LogP contribution in [0, 0.1) is 0 Å². The maximum Gasteiger partial charge on any atom is 0.412 e. The zero-order chi connectivity index (χ0) is 22.3. The number of amides is 1.